The molecule has 2 unspecified atom stereocenters. The van der Waals surface area contributed by atoms with E-state index in [2.05, 4.69) is 0 Å². The lowest BCUT2D eigenvalue weighted by Gasteiger charge is -2.18. The van der Waals surface area contributed by atoms with Gasteiger partial charge in [-0.2, -0.15) is 0 Å². The monoisotopic (exact) mass is 489 g/mol. The zero-order valence-corrected chi connectivity index (χ0v) is 19.0. The molecule has 0 radical (unpaired) electrons. The molecule has 170 valence electrons. The van der Waals surface area contributed by atoms with E-state index in [1.165, 1.54) is 30.6 Å². The summed E-state index contributed by atoms with van der Waals surface area (Å²) in [5.74, 6) is -2.94. The highest BCUT2D eigenvalue weighted by Gasteiger charge is 2.42. The molecule has 33 heavy (non-hydrogen) atoms. The SMILES string of the molecule is COC(=O)C1CN(C(=O)c2cc3c(s2)-c2ccc(Cl)c(F)c2OC3)CC1c1ccccc1F. The Labute approximate surface area is 197 Å². The lowest BCUT2D eigenvalue weighted by atomic mass is 9.88. The first-order valence-electron chi connectivity index (χ1n) is 10.2. The summed E-state index contributed by atoms with van der Waals surface area (Å²) >= 11 is 7.10. The predicted molar refractivity (Wildman–Crippen MR) is 120 cm³/mol. The number of carbonyl (C=O) groups is 2. The Kier molecular flexibility index (Phi) is 5.58. The molecule has 2 aromatic carbocycles. The second kappa shape index (κ2) is 8.43. The Bertz CT molecular complexity index is 1280. The number of thiophene rings is 1. The van der Waals surface area contributed by atoms with Crippen LogP contribution in [0.3, 0.4) is 0 Å². The van der Waals surface area contributed by atoms with Crippen molar-refractivity contribution in [3.8, 4) is 16.2 Å². The molecule has 3 aromatic rings. The molecular formula is C24H18ClF2NO4S. The third-order valence-corrected chi connectivity index (χ3v) is 7.59. The molecule has 9 heteroatoms. The fourth-order valence-electron chi connectivity index (χ4n) is 4.48. The van der Waals surface area contributed by atoms with E-state index in [9.17, 15) is 18.4 Å². The highest BCUT2D eigenvalue weighted by Crippen LogP contribution is 2.46. The minimum absolute atomic E-state index is 0.0323. The van der Waals surface area contributed by atoms with Crippen LogP contribution in [-0.4, -0.2) is 37.0 Å². The number of esters is 1. The minimum Gasteiger partial charge on any atom is -0.485 e. The van der Waals surface area contributed by atoms with Crippen molar-refractivity contribution in [1.82, 2.24) is 4.90 Å². The summed E-state index contributed by atoms with van der Waals surface area (Å²) in [5, 5.41) is -0.0323. The number of fused-ring (bicyclic) bond motifs is 3. The van der Waals surface area contributed by atoms with E-state index in [-0.39, 0.29) is 36.4 Å². The van der Waals surface area contributed by atoms with Crippen molar-refractivity contribution in [2.24, 2.45) is 5.92 Å². The van der Waals surface area contributed by atoms with Crippen LogP contribution in [0.1, 0.15) is 26.7 Å². The number of halogens is 3. The third kappa shape index (κ3) is 3.67. The lowest BCUT2D eigenvalue weighted by molar-refractivity contribution is -0.145. The lowest BCUT2D eigenvalue weighted by Crippen LogP contribution is -2.29. The zero-order valence-electron chi connectivity index (χ0n) is 17.4. The van der Waals surface area contributed by atoms with Gasteiger partial charge < -0.3 is 14.4 Å². The second-order valence-electron chi connectivity index (χ2n) is 7.96. The first-order chi connectivity index (χ1) is 15.9. The molecule has 2 aliphatic rings. The summed E-state index contributed by atoms with van der Waals surface area (Å²) in [7, 11) is 1.28. The largest absolute Gasteiger partial charge is 0.485 e. The van der Waals surface area contributed by atoms with Crippen LogP contribution >= 0.6 is 22.9 Å². The predicted octanol–water partition coefficient (Wildman–Crippen LogP) is 5.27. The number of nitrogens with zero attached hydrogens (tertiary/aromatic N) is 1. The van der Waals surface area contributed by atoms with E-state index in [0.29, 0.717) is 16.0 Å². The van der Waals surface area contributed by atoms with Gasteiger partial charge >= 0.3 is 5.97 Å². The van der Waals surface area contributed by atoms with E-state index in [0.717, 1.165) is 10.4 Å². The van der Waals surface area contributed by atoms with Crippen LogP contribution in [-0.2, 0) is 16.1 Å². The Morgan fingerprint density at radius 2 is 1.97 bits per heavy atom. The Morgan fingerprint density at radius 3 is 2.73 bits per heavy atom. The standard InChI is InChI=1S/C24H18ClF2NO4S/c1-31-24(30)16-10-28(9-15(16)13-4-2-3-5-18(13)26)23(29)19-8-12-11-32-21-14(22(12)33-19)6-7-17(25)20(21)27/h2-8,15-16H,9-11H2,1H3. The zero-order chi connectivity index (χ0) is 23.3. The average molecular weight is 490 g/mol. The number of hydrogen-bond acceptors (Lipinski definition) is 5. The number of likely N-dealkylation sites (tertiary alicyclic amines) is 1. The maximum atomic E-state index is 14.5. The third-order valence-electron chi connectivity index (χ3n) is 6.10. The van der Waals surface area contributed by atoms with Crippen molar-refractivity contribution >= 4 is 34.8 Å². The molecule has 3 heterocycles. The molecule has 1 amide bonds. The highest BCUT2D eigenvalue weighted by atomic mass is 35.5. The molecule has 1 aromatic heterocycles. The number of hydrogen-bond donors (Lipinski definition) is 0. The quantitative estimate of drug-likeness (QED) is 0.470. The summed E-state index contributed by atoms with van der Waals surface area (Å²) in [6, 6.07) is 11.1. The molecule has 0 spiro atoms. The number of methoxy groups -OCH3 is 1. The first-order valence-corrected chi connectivity index (χ1v) is 11.4. The first kappa shape index (κ1) is 21.9. The van der Waals surface area contributed by atoms with Crippen molar-refractivity contribution in [1.29, 1.82) is 0 Å². The van der Waals surface area contributed by atoms with Crippen LogP contribution in [0.2, 0.25) is 5.02 Å². The van der Waals surface area contributed by atoms with Gasteiger partial charge in [0.05, 0.1) is 22.9 Å². The van der Waals surface area contributed by atoms with Gasteiger partial charge in [-0.05, 0) is 29.8 Å². The Morgan fingerprint density at radius 1 is 1.18 bits per heavy atom. The van der Waals surface area contributed by atoms with Crippen LogP contribution in [0.5, 0.6) is 5.75 Å². The number of ether oxygens (including phenoxy) is 2. The summed E-state index contributed by atoms with van der Waals surface area (Å²) in [6.45, 7) is 0.413. The van der Waals surface area contributed by atoms with Gasteiger partial charge in [0, 0.05) is 35.0 Å². The molecule has 0 saturated carbocycles. The number of carbonyl (C=O) groups excluding carboxylic acids is 2. The summed E-state index contributed by atoms with van der Waals surface area (Å²) in [6.07, 6.45) is 0. The molecule has 5 rings (SSSR count). The van der Waals surface area contributed by atoms with E-state index >= 15 is 0 Å². The number of amides is 1. The van der Waals surface area contributed by atoms with Crippen molar-refractivity contribution < 1.29 is 27.8 Å². The van der Waals surface area contributed by atoms with Gasteiger partial charge in [-0.25, -0.2) is 8.78 Å². The number of benzene rings is 2. The Balaban J connectivity index is 1.46. The van der Waals surface area contributed by atoms with E-state index in [4.69, 9.17) is 21.1 Å². The molecule has 2 aliphatic heterocycles. The topological polar surface area (TPSA) is 55.8 Å². The van der Waals surface area contributed by atoms with E-state index < -0.39 is 29.4 Å². The van der Waals surface area contributed by atoms with Gasteiger partial charge in [-0.3, -0.25) is 9.59 Å². The van der Waals surface area contributed by atoms with Crippen LogP contribution < -0.4 is 4.74 Å². The van der Waals surface area contributed by atoms with Crippen molar-refractivity contribution in [3.05, 3.63) is 75.1 Å². The molecule has 0 bridgehead atoms. The van der Waals surface area contributed by atoms with Crippen LogP contribution in [0.4, 0.5) is 8.78 Å². The normalized spacial score (nSPS) is 19.0. The van der Waals surface area contributed by atoms with E-state index in [1.54, 1.807) is 35.2 Å². The van der Waals surface area contributed by atoms with Crippen molar-refractivity contribution in [3.63, 3.8) is 0 Å². The fraction of sp³-hybridized carbons (Fsp3) is 0.250. The molecular weight excluding hydrogens is 472 g/mol. The van der Waals surface area contributed by atoms with Crippen LogP contribution in [0.25, 0.3) is 10.4 Å². The second-order valence-corrected chi connectivity index (χ2v) is 9.42. The average Bonchev–Trinajstić information content (AvgIpc) is 3.46. The van der Waals surface area contributed by atoms with Crippen molar-refractivity contribution in [2.45, 2.75) is 12.5 Å². The molecule has 1 saturated heterocycles. The maximum Gasteiger partial charge on any atom is 0.311 e. The fourth-order valence-corrected chi connectivity index (χ4v) is 5.78. The summed E-state index contributed by atoms with van der Waals surface area (Å²) in [5.41, 5.74) is 1.69. The van der Waals surface area contributed by atoms with E-state index in [1.807, 2.05) is 0 Å². The molecule has 1 fully saturated rings. The molecule has 0 N–H and O–H groups in total. The molecule has 2 atom stereocenters. The van der Waals surface area contributed by atoms with Crippen LogP contribution in [0, 0.1) is 17.6 Å². The van der Waals surface area contributed by atoms with Gasteiger partial charge in [0.25, 0.3) is 5.91 Å². The van der Waals surface area contributed by atoms with Gasteiger partial charge in [0.1, 0.15) is 12.4 Å². The van der Waals surface area contributed by atoms with Crippen molar-refractivity contribution in [2.75, 3.05) is 20.2 Å². The summed E-state index contributed by atoms with van der Waals surface area (Å²) < 4.78 is 39.3. The minimum atomic E-state index is -0.675. The highest BCUT2D eigenvalue weighted by molar-refractivity contribution is 7.17. The van der Waals surface area contributed by atoms with Gasteiger partial charge in [-0.1, -0.05) is 29.8 Å². The van der Waals surface area contributed by atoms with Gasteiger partial charge in [0.2, 0.25) is 0 Å². The van der Waals surface area contributed by atoms with Gasteiger partial charge in [0.15, 0.2) is 11.6 Å². The molecule has 5 nitrogen and oxygen atoms in total. The number of rotatable bonds is 3. The maximum absolute atomic E-state index is 14.5. The smallest absolute Gasteiger partial charge is 0.311 e. The summed E-state index contributed by atoms with van der Waals surface area (Å²) in [4.78, 5) is 28.5. The Hall–Kier alpha value is -2.97. The molecule has 0 aliphatic carbocycles. The van der Waals surface area contributed by atoms with Crippen LogP contribution in [0.15, 0.2) is 42.5 Å². The van der Waals surface area contributed by atoms with Gasteiger partial charge in [-0.15, -0.1) is 11.3 Å².